The number of methoxy groups -OCH3 is 1. The van der Waals surface area contributed by atoms with Crippen molar-refractivity contribution in [2.75, 3.05) is 13.7 Å². The van der Waals surface area contributed by atoms with E-state index in [2.05, 4.69) is 5.32 Å². The van der Waals surface area contributed by atoms with E-state index in [9.17, 15) is 9.59 Å². The van der Waals surface area contributed by atoms with Crippen LogP contribution in [-0.2, 0) is 16.1 Å². The molecular weight excluding hydrogens is 338 g/mol. The van der Waals surface area contributed by atoms with Crippen molar-refractivity contribution in [3.8, 4) is 11.5 Å². The van der Waals surface area contributed by atoms with Gasteiger partial charge in [-0.1, -0.05) is 12.1 Å². The maximum atomic E-state index is 12.1. The summed E-state index contributed by atoms with van der Waals surface area (Å²) in [6.07, 6.45) is 1.20. The fourth-order valence-corrected chi connectivity index (χ4v) is 2.10. The normalized spacial score (nSPS) is 11.0. The quantitative estimate of drug-likeness (QED) is 0.576. The number of furan rings is 1. The molecule has 0 spiro atoms. The highest BCUT2D eigenvalue weighted by Gasteiger charge is 2.13. The Kier molecular flexibility index (Phi) is 6.84. The lowest BCUT2D eigenvalue weighted by molar-refractivity contribution is -0.137. The molecular formula is C19H21NO6. The van der Waals surface area contributed by atoms with Crippen molar-refractivity contribution < 1.29 is 28.2 Å². The van der Waals surface area contributed by atoms with Gasteiger partial charge in [-0.05, 0) is 38.1 Å². The van der Waals surface area contributed by atoms with Crippen LogP contribution in [0, 0.1) is 0 Å². The van der Waals surface area contributed by atoms with Crippen molar-refractivity contribution in [3.63, 3.8) is 0 Å². The van der Waals surface area contributed by atoms with Gasteiger partial charge >= 0.3 is 5.97 Å². The summed E-state index contributed by atoms with van der Waals surface area (Å²) in [6.45, 7) is 3.70. The molecule has 0 aliphatic carbocycles. The molecule has 0 aliphatic heterocycles. The van der Waals surface area contributed by atoms with Crippen LogP contribution in [0.15, 0.2) is 52.6 Å². The fraction of sp³-hybridized carbons (Fsp3) is 0.263. The van der Waals surface area contributed by atoms with Crippen LogP contribution in [0.4, 0.5) is 0 Å². The average Bonchev–Trinajstić information content (AvgIpc) is 3.09. The summed E-state index contributed by atoms with van der Waals surface area (Å²) in [7, 11) is 1.56. The molecule has 0 aliphatic rings. The van der Waals surface area contributed by atoms with E-state index in [0.29, 0.717) is 23.0 Å². The zero-order chi connectivity index (χ0) is 18.9. The summed E-state index contributed by atoms with van der Waals surface area (Å²) in [4.78, 5) is 23.5. The fourth-order valence-electron chi connectivity index (χ4n) is 2.10. The Balaban J connectivity index is 1.94. The number of amides is 1. The molecule has 2 aromatic rings. The maximum Gasteiger partial charge on any atom is 0.332 e. The number of benzene rings is 1. The lowest BCUT2D eigenvalue weighted by Gasteiger charge is -2.08. The molecule has 0 saturated carbocycles. The van der Waals surface area contributed by atoms with Crippen molar-refractivity contribution in [2.45, 2.75) is 20.5 Å². The Bertz CT molecular complexity index is 793. The van der Waals surface area contributed by atoms with Gasteiger partial charge in [0.2, 0.25) is 0 Å². The number of esters is 1. The highest BCUT2D eigenvalue weighted by molar-refractivity contribution is 5.93. The van der Waals surface area contributed by atoms with Gasteiger partial charge < -0.3 is 23.9 Å². The Morgan fingerprint density at radius 3 is 2.58 bits per heavy atom. The van der Waals surface area contributed by atoms with Crippen LogP contribution in [0.3, 0.4) is 0 Å². The molecule has 7 heteroatoms. The second kappa shape index (κ2) is 9.31. The maximum absolute atomic E-state index is 12.1. The van der Waals surface area contributed by atoms with Gasteiger partial charge in [0, 0.05) is 11.8 Å². The molecule has 1 heterocycles. The monoisotopic (exact) mass is 359 g/mol. The van der Waals surface area contributed by atoms with Gasteiger partial charge in [0.1, 0.15) is 12.4 Å². The predicted molar refractivity (Wildman–Crippen MR) is 93.9 cm³/mol. The molecule has 1 aromatic heterocycles. The number of carbonyl (C=O) groups is 2. The first-order valence-electron chi connectivity index (χ1n) is 8.04. The molecule has 0 atom stereocenters. The Morgan fingerprint density at radius 1 is 1.15 bits per heavy atom. The van der Waals surface area contributed by atoms with E-state index in [-0.39, 0.29) is 19.0 Å². The van der Waals surface area contributed by atoms with E-state index in [4.69, 9.17) is 18.6 Å². The molecule has 0 fully saturated rings. The molecule has 138 valence electrons. The zero-order valence-electron chi connectivity index (χ0n) is 14.9. The largest absolute Gasteiger partial charge is 0.493 e. The van der Waals surface area contributed by atoms with Gasteiger partial charge in [-0.15, -0.1) is 0 Å². The van der Waals surface area contributed by atoms with Crippen LogP contribution in [0.25, 0.3) is 0 Å². The van der Waals surface area contributed by atoms with Gasteiger partial charge in [-0.3, -0.25) is 4.79 Å². The number of hydrogen-bond acceptors (Lipinski definition) is 6. The Morgan fingerprint density at radius 2 is 1.88 bits per heavy atom. The number of allylic oxidation sites excluding steroid dienone is 1. The first-order valence-corrected chi connectivity index (χ1v) is 8.04. The van der Waals surface area contributed by atoms with E-state index >= 15 is 0 Å². The summed E-state index contributed by atoms with van der Waals surface area (Å²) in [6, 6.07) is 10.4. The van der Waals surface area contributed by atoms with Crippen molar-refractivity contribution in [1.82, 2.24) is 5.32 Å². The molecule has 7 nitrogen and oxygen atoms in total. The number of hydrogen-bond donors (Lipinski definition) is 1. The standard InChI is InChI=1S/C19H21NO6/c1-4-24-18(21)11-13(2)20-19(22)17-10-9-14(26-17)12-25-16-8-6-5-7-15(16)23-3/h5-11H,4,12H2,1-3H3,(H,20,22)/b13-11+. The van der Waals surface area contributed by atoms with Gasteiger partial charge in [-0.2, -0.15) is 0 Å². The van der Waals surface area contributed by atoms with Gasteiger partial charge in [0.25, 0.3) is 5.91 Å². The number of rotatable bonds is 8. The van der Waals surface area contributed by atoms with Gasteiger partial charge in [0.15, 0.2) is 17.3 Å². The number of para-hydroxylation sites is 2. The van der Waals surface area contributed by atoms with Crippen LogP contribution < -0.4 is 14.8 Å². The molecule has 1 aromatic carbocycles. The minimum absolute atomic E-state index is 0.111. The summed E-state index contributed by atoms with van der Waals surface area (Å²) >= 11 is 0. The molecule has 1 N–H and O–H groups in total. The predicted octanol–water partition coefficient (Wildman–Crippen LogP) is 3.06. The minimum Gasteiger partial charge on any atom is -0.493 e. The molecule has 0 radical (unpaired) electrons. The van der Waals surface area contributed by atoms with Crippen LogP contribution in [0.5, 0.6) is 11.5 Å². The summed E-state index contributed by atoms with van der Waals surface area (Å²) in [5.41, 5.74) is 0.358. The third kappa shape index (κ3) is 5.41. The van der Waals surface area contributed by atoms with E-state index in [1.807, 2.05) is 12.1 Å². The number of ether oxygens (including phenoxy) is 3. The smallest absolute Gasteiger partial charge is 0.332 e. The number of nitrogens with one attached hydrogen (secondary N) is 1. The van der Waals surface area contributed by atoms with Crippen LogP contribution >= 0.6 is 0 Å². The van der Waals surface area contributed by atoms with Crippen LogP contribution in [-0.4, -0.2) is 25.6 Å². The summed E-state index contributed by atoms with van der Waals surface area (Å²) in [5, 5.41) is 2.56. The van der Waals surface area contributed by atoms with E-state index < -0.39 is 11.9 Å². The molecule has 0 unspecified atom stereocenters. The van der Waals surface area contributed by atoms with E-state index in [1.54, 1.807) is 39.2 Å². The minimum atomic E-state index is -0.518. The van der Waals surface area contributed by atoms with Crippen molar-refractivity contribution >= 4 is 11.9 Å². The lowest BCUT2D eigenvalue weighted by atomic mass is 10.3. The van der Waals surface area contributed by atoms with Gasteiger partial charge in [0.05, 0.1) is 13.7 Å². The Labute approximate surface area is 151 Å². The van der Waals surface area contributed by atoms with Crippen molar-refractivity contribution in [3.05, 3.63) is 59.7 Å². The molecule has 26 heavy (non-hydrogen) atoms. The molecule has 0 bridgehead atoms. The Hall–Kier alpha value is -3.22. The highest BCUT2D eigenvalue weighted by Crippen LogP contribution is 2.26. The van der Waals surface area contributed by atoms with Crippen LogP contribution in [0.1, 0.15) is 30.2 Å². The number of carbonyl (C=O) groups excluding carboxylic acids is 2. The molecule has 1 amide bonds. The summed E-state index contributed by atoms with van der Waals surface area (Å²) < 4.78 is 21.1. The first-order chi connectivity index (χ1) is 12.5. The zero-order valence-corrected chi connectivity index (χ0v) is 14.9. The van der Waals surface area contributed by atoms with E-state index in [1.165, 1.54) is 12.1 Å². The second-order valence-corrected chi connectivity index (χ2v) is 5.24. The molecule has 0 saturated heterocycles. The molecule has 2 rings (SSSR count). The van der Waals surface area contributed by atoms with Crippen LogP contribution in [0.2, 0.25) is 0 Å². The SMILES string of the molecule is CCOC(=O)/C=C(\C)NC(=O)c1ccc(COc2ccccc2OC)o1. The van der Waals surface area contributed by atoms with Gasteiger partial charge in [-0.25, -0.2) is 4.79 Å². The van der Waals surface area contributed by atoms with Crippen molar-refractivity contribution in [2.24, 2.45) is 0 Å². The van der Waals surface area contributed by atoms with E-state index in [0.717, 1.165) is 0 Å². The lowest BCUT2D eigenvalue weighted by Crippen LogP contribution is -2.21. The third-order valence-electron chi connectivity index (χ3n) is 3.26. The van der Waals surface area contributed by atoms with Crippen molar-refractivity contribution in [1.29, 1.82) is 0 Å². The second-order valence-electron chi connectivity index (χ2n) is 5.24. The first kappa shape index (κ1) is 19.1. The topological polar surface area (TPSA) is 87.0 Å². The average molecular weight is 359 g/mol. The third-order valence-corrected chi connectivity index (χ3v) is 3.26. The summed E-state index contributed by atoms with van der Waals surface area (Å²) in [5.74, 6) is 0.790. The highest BCUT2D eigenvalue weighted by atomic mass is 16.5.